The van der Waals surface area contributed by atoms with Crippen molar-refractivity contribution in [3.8, 4) is 10.6 Å². The van der Waals surface area contributed by atoms with Crippen LogP contribution in [0.15, 0.2) is 30.6 Å². The van der Waals surface area contributed by atoms with Crippen molar-refractivity contribution in [2.75, 3.05) is 36.0 Å². The third-order valence-corrected chi connectivity index (χ3v) is 5.95. The van der Waals surface area contributed by atoms with E-state index < -0.39 is 0 Å². The number of anilines is 2. The second kappa shape index (κ2) is 7.58. The van der Waals surface area contributed by atoms with E-state index in [9.17, 15) is 0 Å². The Kier molecular flexibility index (Phi) is 5.02. The van der Waals surface area contributed by atoms with Crippen molar-refractivity contribution in [3.63, 3.8) is 0 Å². The first-order valence-corrected chi connectivity index (χ1v) is 10.3. The minimum absolute atomic E-state index is 0.963. The van der Waals surface area contributed by atoms with Crippen molar-refractivity contribution >= 4 is 33.2 Å². The number of pyridine rings is 2. The van der Waals surface area contributed by atoms with Gasteiger partial charge in [-0.15, -0.1) is 11.3 Å². The van der Waals surface area contributed by atoms with Gasteiger partial charge in [-0.25, -0.2) is 15.0 Å². The van der Waals surface area contributed by atoms with E-state index in [2.05, 4.69) is 51.8 Å². The molecule has 0 spiro atoms. The Labute approximate surface area is 158 Å². The van der Waals surface area contributed by atoms with E-state index in [0.717, 1.165) is 60.3 Å². The van der Waals surface area contributed by atoms with Crippen LogP contribution >= 0.6 is 11.3 Å². The maximum absolute atomic E-state index is 4.77. The first-order valence-electron chi connectivity index (χ1n) is 9.51. The number of aromatic nitrogens is 3. The predicted molar refractivity (Wildman–Crippen MR) is 110 cm³/mol. The van der Waals surface area contributed by atoms with Crippen LogP contribution in [-0.2, 0) is 0 Å². The normalized spacial score (nSPS) is 14.3. The standard InChI is InChI=1S/C20H25N5S/c1-3-9-24(4-2)19-12-17-16(14-22-19)23-20(26-17)15-7-8-18(21-13-15)25-10-5-6-11-25/h7-8,12-14H,3-6,9-11H2,1-2H3. The summed E-state index contributed by atoms with van der Waals surface area (Å²) < 4.78 is 1.18. The fraction of sp³-hybridized carbons (Fsp3) is 0.450. The molecule has 4 rings (SSSR count). The van der Waals surface area contributed by atoms with Gasteiger partial charge in [0.1, 0.15) is 22.2 Å². The molecule has 0 aliphatic carbocycles. The lowest BCUT2D eigenvalue weighted by Gasteiger charge is -2.20. The van der Waals surface area contributed by atoms with Crippen molar-refractivity contribution in [2.45, 2.75) is 33.1 Å². The van der Waals surface area contributed by atoms with Crippen LogP contribution in [0.1, 0.15) is 33.1 Å². The van der Waals surface area contributed by atoms with Crippen molar-refractivity contribution in [1.82, 2.24) is 15.0 Å². The molecule has 0 amide bonds. The van der Waals surface area contributed by atoms with Gasteiger partial charge in [0.05, 0.1) is 10.9 Å². The molecule has 0 bridgehead atoms. The van der Waals surface area contributed by atoms with Crippen LogP contribution in [0, 0.1) is 0 Å². The summed E-state index contributed by atoms with van der Waals surface area (Å²) in [5.74, 6) is 2.12. The van der Waals surface area contributed by atoms with E-state index in [0.29, 0.717) is 0 Å². The third-order valence-electron chi connectivity index (χ3n) is 4.88. The molecule has 3 aromatic rings. The van der Waals surface area contributed by atoms with Crippen molar-refractivity contribution in [2.24, 2.45) is 0 Å². The highest BCUT2D eigenvalue weighted by Crippen LogP contribution is 2.32. The SMILES string of the molecule is CCCN(CC)c1cc2sc(-c3ccc(N4CCCC4)nc3)nc2cn1. The topological polar surface area (TPSA) is 45.2 Å². The summed E-state index contributed by atoms with van der Waals surface area (Å²) >= 11 is 1.72. The largest absolute Gasteiger partial charge is 0.357 e. The molecule has 1 aliphatic rings. The van der Waals surface area contributed by atoms with Crippen LogP contribution in [0.25, 0.3) is 20.8 Å². The number of hydrogen-bond donors (Lipinski definition) is 0. The summed E-state index contributed by atoms with van der Waals surface area (Å²) in [5.41, 5.74) is 2.04. The van der Waals surface area contributed by atoms with E-state index >= 15 is 0 Å². The number of hydrogen-bond acceptors (Lipinski definition) is 6. The van der Waals surface area contributed by atoms with E-state index in [1.54, 1.807) is 11.3 Å². The zero-order valence-corrected chi connectivity index (χ0v) is 16.3. The van der Waals surface area contributed by atoms with Gasteiger partial charge in [-0.1, -0.05) is 6.92 Å². The molecule has 4 heterocycles. The number of fused-ring (bicyclic) bond motifs is 1. The third kappa shape index (κ3) is 3.38. The molecule has 1 fully saturated rings. The lowest BCUT2D eigenvalue weighted by atomic mass is 10.3. The van der Waals surface area contributed by atoms with Crippen molar-refractivity contribution in [1.29, 1.82) is 0 Å². The highest BCUT2D eigenvalue weighted by atomic mass is 32.1. The molecule has 0 radical (unpaired) electrons. The van der Waals surface area contributed by atoms with E-state index in [1.165, 1.54) is 17.5 Å². The molecule has 136 valence electrons. The van der Waals surface area contributed by atoms with Crippen molar-refractivity contribution < 1.29 is 0 Å². The summed E-state index contributed by atoms with van der Waals surface area (Å²) in [5, 5.41) is 1.01. The zero-order valence-electron chi connectivity index (χ0n) is 15.5. The van der Waals surface area contributed by atoms with Crippen LogP contribution in [-0.4, -0.2) is 41.1 Å². The van der Waals surface area contributed by atoms with Gasteiger partial charge in [0, 0.05) is 44.0 Å². The molecule has 26 heavy (non-hydrogen) atoms. The van der Waals surface area contributed by atoms with E-state index in [-0.39, 0.29) is 0 Å². The summed E-state index contributed by atoms with van der Waals surface area (Å²) in [6.07, 6.45) is 7.51. The Balaban J connectivity index is 1.60. The quantitative estimate of drug-likeness (QED) is 0.637. The summed E-state index contributed by atoms with van der Waals surface area (Å²) in [7, 11) is 0. The van der Waals surface area contributed by atoms with Gasteiger partial charge in [-0.2, -0.15) is 0 Å². The van der Waals surface area contributed by atoms with Crippen LogP contribution in [0.4, 0.5) is 11.6 Å². The lowest BCUT2D eigenvalue weighted by Crippen LogP contribution is -2.24. The first-order chi connectivity index (χ1) is 12.8. The van der Waals surface area contributed by atoms with E-state index in [1.807, 2.05) is 12.4 Å². The van der Waals surface area contributed by atoms with Crippen LogP contribution in [0.5, 0.6) is 0 Å². The van der Waals surface area contributed by atoms with Crippen molar-refractivity contribution in [3.05, 3.63) is 30.6 Å². The minimum atomic E-state index is 0.963. The van der Waals surface area contributed by atoms with Crippen LogP contribution < -0.4 is 9.80 Å². The number of thiazole rings is 1. The molecule has 6 heteroatoms. The maximum atomic E-state index is 4.77. The molecule has 3 aromatic heterocycles. The molecule has 0 unspecified atom stereocenters. The Morgan fingerprint density at radius 3 is 2.65 bits per heavy atom. The molecule has 0 saturated carbocycles. The van der Waals surface area contributed by atoms with Gasteiger partial charge in [0.2, 0.25) is 0 Å². The summed E-state index contributed by atoms with van der Waals surface area (Å²) in [6.45, 7) is 8.61. The summed E-state index contributed by atoms with van der Waals surface area (Å²) in [4.78, 5) is 18.7. The number of nitrogens with zero attached hydrogens (tertiary/aromatic N) is 5. The average Bonchev–Trinajstić information content (AvgIpc) is 3.35. The second-order valence-electron chi connectivity index (χ2n) is 6.71. The Morgan fingerprint density at radius 2 is 1.96 bits per heavy atom. The fourth-order valence-corrected chi connectivity index (χ4v) is 4.43. The first kappa shape index (κ1) is 17.2. The molecule has 0 aromatic carbocycles. The molecule has 1 saturated heterocycles. The highest BCUT2D eigenvalue weighted by molar-refractivity contribution is 7.21. The van der Waals surface area contributed by atoms with Gasteiger partial charge in [0.15, 0.2) is 0 Å². The van der Waals surface area contributed by atoms with Crippen LogP contribution in [0.3, 0.4) is 0 Å². The summed E-state index contributed by atoms with van der Waals surface area (Å²) in [6, 6.07) is 6.43. The minimum Gasteiger partial charge on any atom is -0.357 e. The monoisotopic (exact) mass is 367 g/mol. The van der Waals surface area contributed by atoms with Gasteiger partial charge in [-0.05, 0) is 38.3 Å². The average molecular weight is 368 g/mol. The zero-order chi connectivity index (χ0) is 17.9. The fourth-order valence-electron chi connectivity index (χ4n) is 3.47. The Hall–Kier alpha value is -2.21. The van der Waals surface area contributed by atoms with Gasteiger partial charge < -0.3 is 9.80 Å². The predicted octanol–water partition coefficient (Wildman–Crippen LogP) is 4.59. The maximum Gasteiger partial charge on any atom is 0.130 e. The molecular formula is C20H25N5S. The molecule has 1 aliphatic heterocycles. The lowest BCUT2D eigenvalue weighted by molar-refractivity contribution is 0.780. The molecular weight excluding hydrogens is 342 g/mol. The van der Waals surface area contributed by atoms with Gasteiger partial charge in [-0.3, -0.25) is 0 Å². The smallest absolute Gasteiger partial charge is 0.130 e. The second-order valence-corrected chi connectivity index (χ2v) is 7.74. The molecule has 0 atom stereocenters. The van der Waals surface area contributed by atoms with Gasteiger partial charge in [0.25, 0.3) is 0 Å². The Bertz CT molecular complexity index is 868. The van der Waals surface area contributed by atoms with Gasteiger partial charge >= 0.3 is 0 Å². The number of rotatable bonds is 6. The van der Waals surface area contributed by atoms with Crippen LogP contribution in [0.2, 0.25) is 0 Å². The molecule has 0 N–H and O–H groups in total. The Morgan fingerprint density at radius 1 is 1.12 bits per heavy atom. The molecule has 5 nitrogen and oxygen atoms in total. The highest BCUT2D eigenvalue weighted by Gasteiger charge is 2.14. The van der Waals surface area contributed by atoms with E-state index in [4.69, 9.17) is 4.98 Å².